The Bertz CT molecular complexity index is 788. The monoisotopic (exact) mass is 343 g/mol. The highest BCUT2D eigenvalue weighted by atomic mass is 16.7. The SMILES string of the molecule is C[C@H](Cn1ncc2ccccc2c1=O)NC1CCC2(CC1)OCCO2. The minimum atomic E-state index is -0.321. The van der Waals surface area contributed by atoms with Crippen molar-refractivity contribution < 1.29 is 9.47 Å². The molecule has 1 aromatic heterocycles. The van der Waals surface area contributed by atoms with E-state index in [2.05, 4.69) is 17.3 Å². The number of fused-ring (bicyclic) bond motifs is 1. The molecule has 0 bridgehead atoms. The van der Waals surface area contributed by atoms with Gasteiger partial charge in [0.2, 0.25) is 0 Å². The summed E-state index contributed by atoms with van der Waals surface area (Å²) in [5, 5.41) is 9.57. The Hall–Kier alpha value is -1.76. The lowest BCUT2D eigenvalue weighted by Gasteiger charge is -2.36. The van der Waals surface area contributed by atoms with Gasteiger partial charge in [-0.05, 0) is 25.8 Å². The Kier molecular flexibility index (Phi) is 4.58. The third-order valence-corrected chi connectivity index (χ3v) is 5.29. The molecule has 2 aliphatic rings. The van der Waals surface area contributed by atoms with Crippen molar-refractivity contribution in [3.63, 3.8) is 0 Å². The van der Waals surface area contributed by atoms with E-state index in [0.717, 1.165) is 36.5 Å². The van der Waals surface area contributed by atoms with Crippen LogP contribution >= 0.6 is 0 Å². The molecule has 0 radical (unpaired) electrons. The zero-order valence-corrected chi connectivity index (χ0v) is 14.6. The molecule has 1 saturated heterocycles. The molecule has 6 heteroatoms. The van der Waals surface area contributed by atoms with Gasteiger partial charge in [0.05, 0.1) is 31.3 Å². The van der Waals surface area contributed by atoms with Crippen molar-refractivity contribution in [2.24, 2.45) is 0 Å². The highest BCUT2D eigenvalue weighted by molar-refractivity contribution is 5.80. The molecule has 25 heavy (non-hydrogen) atoms. The zero-order chi connectivity index (χ0) is 17.3. The molecule has 1 aromatic carbocycles. The minimum Gasteiger partial charge on any atom is -0.348 e. The summed E-state index contributed by atoms with van der Waals surface area (Å²) in [4.78, 5) is 12.6. The van der Waals surface area contributed by atoms with Crippen molar-refractivity contribution in [2.75, 3.05) is 13.2 Å². The van der Waals surface area contributed by atoms with Gasteiger partial charge in [0.1, 0.15) is 0 Å². The van der Waals surface area contributed by atoms with Crippen LogP contribution in [-0.4, -0.2) is 40.9 Å². The van der Waals surface area contributed by atoms with Crippen LogP contribution in [0.1, 0.15) is 32.6 Å². The molecule has 4 rings (SSSR count). The first-order valence-electron chi connectivity index (χ1n) is 9.14. The lowest BCUT2D eigenvalue weighted by atomic mass is 9.89. The van der Waals surface area contributed by atoms with Gasteiger partial charge >= 0.3 is 0 Å². The molecule has 1 saturated carbocycles. The Labute approximate surface area is 147 Å². The van der Waals surface area contributed by atoms with E-state index in [-0.39, 0.29) is 17.4 Å². The van der Waals surface area contributed by atoms with Crippen LogP contribution in [0.4, 0.5) is 0 Å². The van der Waals surface area contributed by atoms with Crippen LogP contribution < -0.4 is 10.9 Å². The van der Waals surface area contributed by atoms with E-state index in [4.69, 9.17) is 9.47 Å². The Morgan fingerprint density at radius 2 is 2.00 bits per heavy atom. The van der Waals surface area contributed by atoms with Crippen molar-refractivity contribution in [1.29, 1.82) is 0 Å². The van der Waals surface area contributed by atoms with Crippen LogP contribution in [0.15, 0.2) is 35.3 Å². The smallest absolute Gasteiger partial charge is 0.274 e. The van der Waals surface area contributed by atoms with Gasteiger partial charge in [0, 0.05) is 30.3 Å². The predicted molar refractivity (Wildman–Crippen MR) is 95.5 cm³/mol. The molecular weight excluding hydrogens is 318 g/mol. The van der Waals surface area contributed by atoms with Crippen LogP contribution in [0.25, 0.3) is 10.8 Å². The van der Waals surface area contributed by atoms with Gasteiger partial charge in [0.15, 0.2) is 5.79 Å². The van der Waals surface area contributed by atoms with Gasteiger partial charge in [-0.1, -0.05) is 18.2 Å². The maximum atomic E-state index is 12.6. The maximum Gasteiger partial charge on any atom is 0.274 e. The number of ether oxygens (including phenoxy) is 2. The number of nitrogens with zero attached hydrogens (tertiary/aromatic N) is 2. The predicted octanol–water partition coefficient (Wildman–Crippen LogP) is 2.06. The van der Waals surface area contributed by atoms with E-state index in [1.165, 1.54) is 0 Å². The number of hydrogen-bond acceptors (Lipinski definition) is 5. The van der Waals surface area contributed by atoms with Crippen LogP contribution in [0.2, 0.25) is 0 Å². The lowest BCUT2D eigenvalue weighted by molar-refractivity contribution is -0.179. The average molecular weight is 343 g/mol. The summed E-state index contributed by atoms with van der Waals surface area (Å²) >= 11 is 0. The van der Waals surface area contributed by atoms with Crippen molar-refractivity contribution in [2.45, 2.75) is 57.0 Å². The molecule has 1 aliphatic heterocycles. The Morgan fingerprint density at radius 1 is 1.28 bits per heavy atom. The molecule has 2 aromatic rings. The van der Waals surface area contributed by atoms with Crippen LogP contribution in [0, 0.1) is 0 Å². The van der Waals surface area contributed by atoms with Gasteiger partial charge in [-0.15, -0.1) is 0 Å². The largest absolute Gasteiger partial charge is 0.348 e. The molecule has 0 unspecified atom stereocenters. The average Bonchev–Trinajstić information content (AvgIpc) is 3.08. The van der Waals surface area contributed by atoms with Crippen LogP contribution in [0.3, 0.4) is 0 Å². The van der Waals surface area contributed by atoms with Crippen molar-refractivity contribution in [1.82, 2.24) is 15.1 Å². The number of benzene rings is 1. The van der Waals surface area contributed by atoms with E-state index in [1.54, 1.807) is 10.9 Å². The van der Waals surface area contributed by atoms with Crippen LogP contribution in [-0.2, 0) is 16.0 Å². The number of aromatic nitrogens is 2. The second-order valence-electron chi connectivity index (χ2n) is 7.17. The highest BCUT2D eigenvalue weighted by Crippen LogP contribution is 2.35. The second kappa shape index (κ2) is 6.86. The molecule has 1 spiro atoms. The van der Waals surface area contributed by atoms with E-state index in [1.807, 2.05) is 24.3 Å². The number of nitrogens with one attached hydrogen (secondary N) is 1. The fourth-order valence-electron chi connectivity index (χ4n) is 3.98. The van der Waals surface area contributed by atoms with Gasteiger partial charge in [0.25, 0.3) is 5.56 Å². The van der Waals surface area contributed by atoms with Crippen molar-refractivity contribution in [3.8, 4) is 0 Å². The molecule has 1 N–H and O–H groups in total. The summed E-state index contributed by atoms with van der Waals surface area (Å²) in [6.07, 6.45) is 5.70. The Morgan fingerprint density at radius 3 is 2.76 bits per heavy atom. The molecule has 2 fully saturated rings. The van der Waals surface area contributed by atoms with Crippen molar-refractivity contribution >= 4 is 10.8 Å². The third kappa shape index (κ3) is 3.47. The molecular formula is C19H25N3O3. The quantitative estimate of drug-likeness (QED) is 0.920. The normalized spacial score (nSPS) is 21.8. The molecule has 1 atom stereocenters. The first-order valence-corrected chi connectivity index (χ1v) is 9.14. The van der Waals surface area contributed by atoms with E-state index >= 15 is 0 Å². The fourth-order valence-corrected chi connectivity index (χ4v) is 3.98. The van der Waals surface area contributed by atoms with Gasteiger partial charge in [-0.2, -0.15) is 5.10 Å². The summed E-state index contributed by atoms with van der Waals surface area (Å²) in [5.74, 6) is -0.321. The summed E-state index contributed by atoms with van der Waals surface area (Å²) in [6.45, 7) is 4.10. The zero-order valence-electron chi connectivity index (χ0n) is 14.6. The summed E-state index contributed by atoms with van der Waals surface area (Å²) in [7, 11) is 0. The summed E-state index contributed by atoms with van der Waals surface area (Å²) in [5.41, 5.74) is -0.0258. The molecule has 134 valence electrons. The standard InChI is InChI=1S/C19H25N3O3/c1-14(21-16-6-8-19(9-7-16)24-10-11-25-19)13-22-18(23)17-5-3-2-4-15(17)12-20-22/h2-5,12,14,16,21H,6-11,13H2,1H3/t14-/m1/s1. The summed E-state index contributed by atoms with van der Waals surface area (Å²) in [6, 6.07) is 8.20. The molecule has 6 nitrogen and oxygen atoms in total. The fraction of sp³-hybridized carbons (Fsp3) is 0.579. The van der Waals surface area contributed by atoms with Gasteiger partial charge in [-0.3, -0.25) is 4.79 Å². The highest BCUT2D eigenvalue weighted by Gasteiger charge is 2.40. The van der Waals surface area contributed by atoms with Crippen molar-refractivity contribution in [3.05, 3.63) is 40.8 Å². The number of rotatable bonds is 4. The van der Waals surface area contributed by atoms with E-state index in [9.17, 15) is 4.79 Å². The topological polar surface area (TPSA) is 65.4 Å². The maximum absolute atomic E-state index is 12.6. The Balaban J connectivity index is 1.37. The molecule has 0 amide bonds. The van der Waals surface area contributed by atoms with Crippen LogP contribution in [0.5, 0.6) is 0 Å². The van der Waals surface area contributed by atoms with E-state index < -0.39 is 0 Å². The van der Waals surface area contributed by atoms with Gasteiger partial charge in [-0.25, -0.2) is 4.68 Å². The van der Waals surface area contributed by atoms with E-state index in [0.29, 0.717) is 25.8 Å². The lowest BCUT2D eigenvalue weighted by Crippen LogP contribution is -2.46. The summed E-state index contributed by atoms with van der Waals surface area (Å²) < 4.78 is 13.1. The first-order chi connectivity index (χ1) is 12.2. The third-order valence-electron chi connectivity index (χ3n) is 5.29. The second-order valence-corrected chi connectivity index (χ2v) is 7.17. The van der Waals surface area contributed by atoms with Gasteiger partial charge < -0.3 is 14.8 Å². The number of hydrogen-bond donors (Lipinski definition) is 1. The minimum absolute atomic E-state index is 0.0258. The molecule has 1 aliphatic carbocycles. The molecule has 2 heterocycles. The first kappa shape index (κ1) is 16.7.